The van der Waals surface area contributed by atoms with Gasteiger partial charge in [-0.1, -0.05) is 25.9 Å². The Kier molecular flexibility index (Phi) is 10.0. The Morgan fingerprint density at radius 1 is 1.05 bits per heavy atom. The van der Waals surface area contributed by atoms with Gasteiger partial charge < -0.3 is 24.6 Å². The standard InChI is InChI=1S/C27H32N6O5.CH4O3S/c1-27(2,3)23-12-24(32-38-23)31-26(35)30-18-6-4-17(5-7-18)29-25(34)22-9-8-20(13-28-22)37-21-10-11-33(14-21)19-15-36-16-19;1-5(2,3)4/h4-9,12-13,19,21H,10-11,14-16H2,1-3H3,(H,29,34)(H2,30,31,32,35);1H3,(H,2,3,4). The van der Waals surface area contributed by atoms with E-state index in [1.165, 1.54) is 0 Å². The van der Waals surface area contributed by atoms with E-state index >= 15 is 0 Å². The molecule has 5 rings (SSSR count). The molecule has 43 heavy (non-hydrogen) atoms. The Hall–Kier alpha value is -4.05. The second-order valence-corrected chi connectivity index (χ2v) is 12.7. The lowest BCUT2D eigenvalue weighted by molar-refractivity contribution is -0.0592. The molecule has 0 aliphatic carbocycles. The number of amides is 3. The molecule has 2 saturated heterocycles. The summed E-state index contributed by atoms with van der Waals surface area (Å²) in [4.78, 5) is 31.6. The zero-order chi connectivity index (χ0) is 31.2. The van der Waals surface area contributed by atoms with Gasteiger partial charge in [-0.3, -0.25) is 19.6 Å². The summed E-state index contributed by atoms with van der Waals surface area (Å²) in [5.41, 5.74) is 1.19. The first-order valence-electron chi connectivity index (χ1n) is 13.6. The molecule has 1 unspecified atom stereocenters. The number of benzene rings is 1. The van der Waals surface area contributed by atoms with Crippen LogP contribution < -0.4 is 20.7 Å². The van der Waals surface area contributed by atoms with Crippen molar-refractivity contribution in [2.24, 2.45) is 0 Å². The highest BCUT2D eigenvalue weighted by Crippen LogP contribution is 2.25. The lowest BCUT2D eigenvalue weighted by atomic mass is 9.93. The molecule has 0 radical (unpaired) electrons. The molecule has 1 aromatic carbocycles. The largest absolute Gasteiger partial charge is 0.487 e. The van der Waals surface area contributed by atoms with Crippen LogP contribution in [-0.4, -0.2) is 84.7 Å². The van der Waals surface area contributed by atoms with Crippen molar-refractivity contribution in [1.82, 2.24) is 15.0 Å². The number of aromatic nitrogens is 2. The smallest absolute Gasteiger partial charge is 0.324 e. The van der Waals surface area contributed by atoms with Gasteiger partial charge in [-0.2, -0.15) is 8.42 Å². The van der Waals surface area contributed by atoms with Crippen LogP contribution in [-0.2, 0) is 20.3 Å². The zero-order valence-electron chi connectivity index (χ0n) is 24.4. The third-order valence-electron chi connectivity index (χ3n) is 6.48. The number of likely N-dealkylation sites (tertiary alicyclic amines) is 1. The van der Waals surface area contributed by atoms with Crippen molar-refractivity contribution in [1.29, 1.82) is 0 Å². The Balaban J connectivity index is 0.000000782. The number of pyridine rings is 1. The molecule has 2 aromatic heterocycles. The molecule has 2 aliphatic heterocycles. The fourth-order valence-corrected chi connectivity index (χ4v) is 4.19. The lowest BCUT2D eigenvalue weighted by Crippen LogP contribution is -2.48. The van der Waals surface area contributed by atoms with Crippen LogP contribution in [0.25, 0.3) is 0 Å². The summed E-state index contributed by atoms with van der Waals surface area (Å²) in [5, 5.41) is 12.0. The van der Waals surface area contributed by atoms with Crippen molar-refractivity contribution >= 4 is 39.2 Å². The number of hydrogen-bond donors (Lipinski definition) is 4. The monoisotopic (exact) mass is 616 g/mol. The predicted octanol–water partition coefficient (Wildman–Crippen LogP) is 3.62. The first kappa shape index (κ1) is 31.9. The number of anilines is 3. The molecule has 3 amide bonds. The molecule has 0 bridgehead atoms. The van der Waals surface area contributed by atoms with E-state index in [0.717, 1.165) is 32.7 Å². The van der Waals surface area contributed by atoms with E-state index in [-0.39, 0.29) is 23.1 Å². The Morgan fingerprint density at radius 3 is 2.23 bits per heavy atom. The van der Waals surface area contributed by atoms with Crippen LogP contribution in [0.3, 0.4) is 0 Å². The molecule has 4 N–H and O–H groups in total. The topological polar surface area (TPSA) is 185 Å². The molecule has 1 atom stereocenters. The van der Waals surface area contributed by atoms with Gasteiger partial charge >= 0.3 is 6.03 Å². The van der Waals surface area contributed by atoms with Gasteiger partial charge in [-0.15, -0.1) is 0 Å². The Bertz CT molecular complexity index is 1490. The van der Waals surface area contributed by atoms with Crippen LogP contribution in [0, 0.1) is 0 Å². The molecule has 3 aromatic rings. The van der Waals surface area contributed by atoms with Crippen molar-refractivity contribution in [2.45, 2.75) is 44.8 Å². The zero-order valence-corrected chi connectivity index (χ0v) is 25.2. The van der Waals surface area contributed by atoms with E-state index in [2.05, 4.69) is 31.0 Å². The third-order valence-corrected chi connectivity index (χ3v) is 6.48. The van der Waals surface area contributed by atoms with Gasteiger partial charge in [0, 0.05) is 35.9 Å². The molecule has 15 heteroatoms. The maximum Gasteiger partial charge on any atom is 0.324 e. The van der Waals surface area contributed by atoms with E-state index in [1.807, 2.05) is 20.8 Å². The van der Waals surface area contributed by atoms with Crippen LogP contribution in [0.2, 0.25) is 0 Å². The molecule has 0 spiro atoms. The quantitative estimate of drug-likeness (QED) is 0.284. The van der Waals surface area contributed by atoms with E-state index in [9.17, 15) is 18.0 Å². The number of urea groups is 1. The van der Waals surface area contributed by atoms with Crippen LogP contribution in [0.4, 0.5) is 22.0 Å². The van der Waals surface area contributed by atoms with Gasteiger partial charge in [0.15, 0.2) is 5.82 Å². The highest BCUT2D eigenvalue weighted by Gasteiger charge is 2.33. The number of hydrogen-bond acceptors (Lipinski definition) is 10. The minimum atomic E-state index is -3.67. The van der Waals surface area contributed by atoms with Crippen LogP contribution in [0.1, 0.15) is 43.4 Å². The van der Waals surface area contributed by atoms with Gasteiger partial charge in [-0.25, -0.2) is 9.78 Å². The highest BCUT2D eigenvalue weighted by molar-refractivity contribution is 7.85. The van der Waals surface area contributed by atoms with Gasteiger partial charge in [-0.05, 0) is 42.8 Å². The number of nitrogens with one attached hydrogen (secondary N) is 3. The van der Waals surface area contributed by atoms with E-state index in [0.29, 0.717) is 41.0 Å². The van der Waals surface area contributed by atoms with Crippen molar-refractivity contribution in [3.8, 4) is 5.75 Å². The van der Waals surface area contributed by atoms with E-state index in [1.54, 1.807) is 48.7 Å². The molecule has 4 heterocycles. The Labute approximate surface area is 249 Å². The fourth-order valence-electron chi connectivity index (χ4n) is 4.19. The van der Waals surface area contributed by atoms with Crippen LogP contribution in [0.5, 0.6) is 5.75 Å². The maximum absolute atomic E-state index is 12.6. The van der Waals surface area contributed by atoms with Gasteiger partial charge in [0.2, 0.25) is 0 Å². The summed E-state index contributed by atoms with van der Waals surface area (Å²) in [6.45, 7) is 9.46. The fraction of sp³-hybridized carbons (Fsp3) is 0.429. The second-order valence-electron chi connectivity index (χ2n) is 11.3. The summed E-state index contributed by atoms with van der Waals surface area (Å²) in [7, 11) is -3.67. The van der Waals surface area contributed by atoms with E-state index in [4.69, 9.17) is 18.5 Å². The predicted molar refractivity (Wildman–Crippen MR) is 159 cm³/mol. The number of rotatable bonds is 7. The van der Waals surface area contributed by atoms with E-state index < -0.39 is 16.1 Å². The van der Waals surface area contributed by atoms with Crippen molar-refractivity contribution in [3.63, 3.8) is 0 Å². The summed E-state index contributed by atoms with van der Waals surface area (Å²) in [5.74, 6) is 1.30. The molecule has 14 nitrogen and oxygen atoms in total. The number of ether oxygens (including phenoxy) is 2. The van der Waals surface area contributed by atoms with Gasteiger partial charge in [0.05, 0.1) is 31.7 Å². The third kappa shape index (κ3) is 10.0. The molecular weight excluding hydrogens is 580 g/mol. The molecule has 232 valence electrons. The van der Waals surface area contributed by atoms with Crippen LogP contribution in [0.15, 0.2) is 53.2 Å². The first-order chi connectivity index (χ1) is 20.2. The normalized spacial score (nSPS) is 17.3. The second kappa shape index (κ2) is 13.5. The molecule has 2 aliphatic rings. The molecule has 2 fully saturated rings. The van der Waals surface area contributed by atoms with Crippen molar-refractivity contribution < 1.29 is 36.6 Å². The highest BCUT2D eigenvalue weighted by atomic mass is 32.2. The summed E-state index contributed by atoms with van der Waals surface area (Å²) < 4.78 is 42.5. The van der Waals surface area contributed by atoms with Gasteiger partial charge in [0.25, 0.3) is 16.0 Å². The Morgan fingerprint density at radius 2 is 1.70 bits per heavy atom. The number of carbonyl (C=O) groups excluding carboxylic acids is 2. The summed E-state index contributed by atoms with van der Waals surface area (Å²) in [6.07, 6.45) is 3.37. The van der Waals surface area contributed by atoms with Crippen molar-refractivity contribution in [3.05, 3.63) is 60.1 Å². The minimum Gasteiger partial charge on any atom is -0.487 e. The lowest BCUT2D eigenvalue weighted by Gasteiger charge is -2.34. The summed E-state index contributed by atoms with van der Waals surface area (Å²) >= 11 is 0. The van der Waals surface area contributed by atoms with Gasteiger partial charge in [0.1, 0.15) is 23.3 Å². The van der Waals surface area contributed by atoms with Crippen molar-refractivity contribution in [2.75, 3.05) is 48.5 Å². The average Bonchev–Trinajstić information content (AvgIpc) is 3.53. The minimum absolute atomic E-state index is 0.114. The average molecular weight is 617 g/mol. The number of carbonyl (C=O) groups is 2. The maximum atomic E-state index is 12.6. The molecule has 0 saturated carbocycles. The number of nitrogens with zero attached hydrogens (tertiary/aromatic N) is 3. The first-order valence-corrected chi connectivity index (χ1v) is 15.4. The SMILES string of the molecule is CC(C)(C)c1cc(NC(=O)Nc2ccc(NC(=O)c3ccc(OC4CCN(C5COC5)C4)cn3)cc2)no1.CS(=O)(=O)O. The summed E-state index contributed by atoms with van der Waals surface area (Å²) in [6, 6.07) is 11.9. The van der Waals surface area contributed by atoms with Crippen LogP contribution >= 0.6 is 0 Å². The molecular formula is C28H36N6O8S.